The summed E-state index contributed by atoms with van der Waals surface area (Å²) in [4.78, 5) is 21.0. The number of benzene rings is 2. The molecule has 0 radical (unpaired) electrons. The molecule has 10 nitrogen and oxygen atoms in total. The van der Waals surface area contributed by atoms with Crippen molar-refractivity contribution < 1.29 is 18.3 Å². The van der Waals surface area contributed by atoms with Gasteiger partial charge in [-0.1, -0.05) is 56.0 Å². The van der Waals surface area contributed by atoms with Gasteiger partial charge in [0.1, 0.15) is 11.6 Å². The minimum atomic E-state index is -4.02. The molecule has 1 aliphatic rings. The van der Waals surface area contributed by atoms with Crippen LogP contribution in [0, 0.1) is 6.92 Å². The van der Waals surface area contributed by atoms with Gasteiger partial charge in [-0.15, -0.1) is 5.10 Å². The first-order valence-electron chi connectivity index (χ1n) is 14.2. The largest absolute Gasteiger partial charge is 0.493 e. The summed E-state index contributed by atoms with van der Waals surface area (Å²) in [5.74, 6) is 1.57. The van der Waals surface area contributed by atoms with E-state index in [1.54, 1.807) is 10.6 Å². The second-order valence-corrected chi connectivity index (χ2v) is 12.4. The molecule has 1 saturated carbocycles. The van der Waals surface area contributed by atoms with Crippen molar-refractivity contribution in [3.63, 3.8) is 0 Å². The number of aromatic nitrogens is 4. The van der Waals surface area contributed by atoms with Crippen molar-refractivity contribution in [3.8, 4) is 17.1 Å². The van der Waals surface area contributed by atoms with Crippen LogP contribution < -0.4 is 10.3 Å². The van der Waals surface area contributed by atoms with Gasteiger partial charge in [0.05, 0.1) is 29.4 Å². The Bertz CT molecular complexity index is 1660. The smallest absolute Gasteiger partial charge is 0.277 e. The fraction of sp³-hybridized carbons (Fsp3) is 0.433. The second kappa shape index (κ2) is 12.5. The van der Waals surface area contributed by atoms with Crippen LogP contribution in [0.15, 0.2) is 58.2 Å². The average molecular weight is 580 g/mol. The minimum Gasteiger partial charge on any atom is -0.493 e. The summed E-state index contributed by atoms with van der Waals surface area (Å²) in [6, 6.07) is 13.8. The summed E-state index contributed by atoms with van der Waals surface area (Å²) in [6.07, 6.45) is 6.57. The number of rotatable bonds is 10. The van der Waals surface area contributed by atoms with Crippen molar-refractivity contribution in [2.75, 3.05) is 19.8 Å². The fourth-order valence-electron chi connectivity index (χ4n) is 5.58. The van der Waals surface area contributed by atoms with Crippen LogP contribution in [0.1, 0.15) is 68.4 Å². The van der Waals surface area contributed by atoms with Gasteiger partial charge in [0.2, 0.25) is 10.0 Å². The van der Waals surface area contributed by atoms with Gasteiger partial charge >= 0.3 is 0 Å². The van der Waals surface area contributed by atoms with Crippen molar-refractivity contribution in [1.82, 2.24) is 23.9 Å². The van der Waals surface area contributed by atoms with Crippen LogP contribution in [0.4, 0.5) is 0 Å². The molecular weight excluding hydrogens is 542 g/mol. The Labute approximate surface area is 240 Å². The zero-order valence-corrected chi connectivity index (χ0v) is 24.4. The topological polar surface area (TPSA) is 130 Å². The number of nitrogens with one attached hydrogen (secondary N) is 1. The molecule has 218 valence electrons. The Hall–Kier alpha value is -3.54. The monoisotopic (exact) mass is 579 g/mol. The zero-order valence-electron chi connectivity index (χ0n) is 23.5. The maximum Gasteiger partial charge on any atom is 0.277 e. The number of sulfonamides is 1. The maximum absolute atomic E-state index is 13.8. The molecule has 2 heterocycles. The number of imidazole rings is 1. The molecule has 0 spiro atoms. The molecular formula is C30H37N5O5S. The molecule has 1 aliphatic carbocycles. The highest BCUT2D eigenvalue weighted by molar-refractivity contribution is 7.89. The number of ether oxygens (including phenoxy) is 1. The van der Waals surface area contributed by atoms with E-state index in [4.69, 9.17) is 14.8 Å². The predicted molar refractivity (Wildman–Crippen MR) is 157 cm³/mol. The summed E-state index contributed by atoms with van der Waals surface area (Å²) >= 11 is 0. The molecule has 2 aromatic carbocycles. The lowest BCUT2D eigenvalue weighted by Crippen LogP contribution is -2.33. The van der Waals surface area contributed by atoms with E-state index in [-0.39, 0.29) is 41.9 Å². The molecule has 0 atom stereocenters. The number of aromatic amines is 1. The van der Waals surface area contributed by atoms with Gasteiger partial charge in [-0.25, -0.2) is 17.9 Å². The Morgan fingerprint density at radius 3 is 2.51 bits per heavy atom. The Morgan fingerprint density at radius 2 is 1.83 bits per heavy atom. The van der Waals surface area contributed by atoms with E-state index in [0.29, 0.717) is 29.1 Å². The van der Waals surface area contributed by atoms with Gasteiger partial charge in [0.15, 0.2) is 11.3 Å². The normalized spacial score (nSPS) is 14.9. The lowest BCUT2D eigenvalue weighted by molar-refractivity contribution is 0.251. The van der Waals surface area contributed by atoms with Crippen LogP contribution >= 0.6 is 0 Å². The van der Waals surface area contributed by atoms with E-state index in [2.05, 4.69) is 4.98 Å². The number of nitrogens with zero attached hydrogens (tertiary/aromatic N) is 4. The van der Waals surface area contributed by atoms with Gasteiger partial charge in [0, 0.05) is 19.0 Å². The van der Waals surface area contributed by atoms with Gasteiger partial charge in [-0.2, -0.15) is 4.31 Å². The molecule has 4 aromatic rings. The van der Waals surface area contributed by atoms with Crippen LogP contribution in [0.2, 0.25) is 0 Å². The van der Waals surface area contributed by atoms with E-state index < -0.39 is 10.0 Å². The first kappa shape index (κ1) is 29.0. The average Bonchev–Trinajstić information content (AvgIpc) is 3.12. The summed E-state index contributed by atoms with van der Waals surface area (Å²) in [5.41, 5.74) is 1.82. The molecule has 0 amide bonds. The van der Waals surface area contributed by atoms with Crippen LogP contribution in [-0.4, -0.2) is 57.2 Å². The van der Waals surface area contributed by atoms with E-state index in [1.165, 1.54) is 29.3 Å². The third kappa shape index (κ3) is 6.07. The van der Waals surface area contributed by atoms with Crippen molar-refractivity contribution >= 4 is 15.5 Å². The van der Waals surface area contributed by atoms with E-state index in [9.17, 15) is 18.3 Å². The summed E-state index contributed by atoms with van der Waals surface area (Å²) in [5, 5.41) is 14.5. The number of H-pyrrole nitrogens is 1. The molecule has 41 heavy (non-hydrogen) atoms. The van der Waals surface area contributed by atoms with Crippen LogP contribution in [-0.2, 0) is 16.6 Å². The van der Waals surface area contributed by atoms with Gasteiger partial charge in [-0.05, 0) is 50.5 Å². The number of hydrogen-bond acceptors (Lipinski definition) is 7. The van der Waals surface area contributed by atoms with Gasteiger partial charge in [-0.3, -0.25) is 4.79 Å². The molecule has 5 rings (SSSR count). The third-order valence-electron chi connectivity index (χ3n) is 7.62. The molecule has 0 aliphatic heterocycles. The molecule has 11 heteroatoms. The SMILES string of the molecule is CCOc1ccc(S(=O)(=O)N(CCO)Cc2ccccc2)cc1-c1nn2c(C3CCCCCC3)nc(C)c2c(=O)[nH]1. The molecule has 2 aromatic heterocycles. The fourth-order valence-corrected chi connectivity index (χ4v) is 7.03. The number of hydrogen-bond donors (Lipinski definition) is 2. The summed E-state index contributed by atoms with van der Waals surface area (Å²) in [6.45, 7) is 3.69. The Balaban J connectivity index is 1.61. The van der Waals surface area contributed by atoms with Gasteiger partial charge < -0.3 is 14.8 Å². The number of aryl methyl sites for hydroxylation is 1. The number of aliphatic hydroxyl groups excluding tert-OH is 1. The second-order valence-electron chi connectivity index (χ2n) is 10.4. The molecule has 0 saturated heterocycles. The number of fused-ring (bicyclic) bond motifs is 1. The highest BCUT2D eigenvalue weighted by Gasteiger charge is 2.28. The summed E-state index contributed by atoms with van der Waals surface area (Å²) in [7, 11) is -4.02. The van der Waals surface area contributed by atoms with Crippen molar-refractivity contribution in [3.05, 3.63) is 76.0 Å². The summed E-state index contributed by atoms with van der Waals surface area (Å²) < 4.78 is 36.4. The highest BCUT2D eigenvalue weighted by Crippen LogP contribution is 2.34. The molecule has 2 N–H and O–H groups in total. The first-order valence-corrected chi connectivity index (χ1v) is 15.7. The van der Waals surface area contributed by atoms with Crippen molar-refractivity contribution in [2.24, 2.45) is 0 Å². The standard InChI is InChI=1S/C30H37N5O5S/c1-3-40-26-16-15-24(41(38,39)34(17-18-36)20-22-11-7-6-8-12-22)19-25(26)28-32-30(37)27-21(2)31-29(35(27)33-28)23-13-9-4-5-10-14-23/h6-8,11-12,15-16,19,23,36H,3-5,9-10,13-14,17-18,20H2,1-2H3,(H,32,33,37). The minimum absolute atomic E-state index is 0.00823. The molecule has 0 bridgehead atoms. The third-order valence-corrected chi connectivity index (χ3v) is 9.46. The van der Waals surface area contributed by atoms with Crippen molar-refractivity contribution in [2.45, 2.75) is 69.7 Å². The van der Waals surface area contributed by atoms with Crippen molar-refractivity contribution in [1.29, 1.82) is 0 Å². The molecule has 0 unspecified atom stereocenters. The van der Waals surface area contributed by atoms with E-state index >= 15 is 0 Å². The zero-order chi connectivity index (χ0) is 29.0. The van der Waals surface area contributed by atoms with Gasteiger partial charge in [0.25, 0.3) is 5.56 Å². The van der Waals surface area contributed by atoms with Crippen LogP contribution in [0.5, 0.6) is 5.75 Å². The maximum atomic E-state index is 13.8. The first-order chi connectivity index (χ1) is 19.8. The Kier molecular flexibility index (Phi) is 8.86. The number of aliphatic hydroxyl groups is 1. The lowest BCUT2D eigenvalue weighted by atomic mass is 10.00. The van der Waals surface area contributed by atoms with E-state index in [0.717, 1.165) is 37.1 Å². The highest BCUT2D eigenvalue weighted by atomic mass is 32.2. The quantitative estimate of drug-likeness (QED) is 0.266. The van der Waals surface area contributed by atoms with Crippen LogP contribution in [0.25, 0.3) is 16.9 Å². The van der Waals surface area contributed by atoms with Crippen LogP contribution in [0.3, 0.4) is 0 Å². The lowest BCUT2D eigenvalue weighted by Gasteiger charge is -2.22. The Morgan fingerprint density at radius 1 is 1.10 bits per heavy atom. The predicted octanol–water partition coefficient (Wildman–Crippen LogP) is 4.41. The van der Waals surface area contributed by atoms with E-state index in [1.807, 2.05) is 44.2 Å². The molecule has 1 fully saturated rings.